The first-order valence-electron chi connectivity index (χ1n) is 7.67. The second-order valence-corrected chi connectivity index (χ2v) is 7.72. The largest absolute Gasteiger partial charge is 0.465 e. The minimum Gasteiger partial charge on any atom is -0.465 e. The van der Waals surface area contributed by atoms with Gasteiger partial charge in [0.1, 0.15) is 5.76 Å². The average Bonchev–Trinajstić information content (AvgIpc) is 2.55. The summed E-state index contributed by atoms with van der Waals surface area (Å²) in [7, 11) is -3.62. The van der Waals surface area contributed by atoms with Gasteiger partial charge >= 0.3 is 11.9 Å². The summed E-state index contributed by atoms with van der Waals surface area (Å²) in [5, 5.41) is 0. The van der Waals surface area contributed by atoms with E-state index in [1.807, 2.05) is 0 Å². The van der Waals surface area contributed by atoms with Gasteiger partial charge in [-0.1, -0.05) is 24.8 Å². The maximum absolute atomic E-state index is 12.4. The highest BCUT2D eigenvalue weighted by atomic mass is 32.2. The number of ether oxygens (including phenoxy) is 2. The number of carbonyl (C=O) groups is 2. The SMILES string of the molecule is C=C1CCC(CCS(=O)(=O)c2ccccc2)(C(=O)OCC)C(=O)O1. The monoisotopic (exact) mass is 352 g/mol. The van der Waals surface area contributed by atoms with E-state index in [4.69, 9.17) is 9.47 Å². The number of benzene rings is 1. The number of esters is 2. The summed E-state index contributed by atoms with van der Waals surface area (Å²) in [6.07, 6.45) is 0.249. The molecule has 130 valence electrons. The fourth-order valence-corrected chi connectivity index (χ4v) is 4.00. The van der Waals surface area contributed by atoms with Crippen molar-refractivity contribution in [2.45, 2.75) is 31.1 Å². The van der Waals surface area contributed by atoms with Gasteiger partial charge in [0, 0.05) is 6.42 Å². The number of hydrogen-bond acceptors (Lipinski definition) is 6. The zero-order valence-electron chi connectivity index (χ0n) is 13.5. The zero-order valence-corrected chi connectivity index (χ0v) is 14.3. The molecule has 1 atom stereocenters. The van der Waals surface area contributed by atoms with Gasteiger partial charge < -0.3 is 9.47 Å². The van der Waals surface area contributed by atoms with Crippen molar-refractivity contribution in [3.63, 3.8) is 0 Å². The molecule has 0 spiro atoms. The molecule has 0 aromatic heterocycles. The topological polar surface area (TPSA) is 86.7 Å². The Morgan fingerprint density at radius 2 is 2.00 bits per heavy atom. The number of hydrogen-bond donors (Lipinski definition) is 0. The second kappa shape index (κ2) is 7.17. The molecule has 0 radical (unpaired) electrons. The number of allylic oxidation sites excluding steroid dienone is 1. The maximum Gasteiger partial charge on any atom is 0.328 e. The van der Waals surface area contributed by atoms with Crippen LogP contribution in [0.2, 0.25) is 0 Å². The van der Waals surface area contributed by atoms with E-state index < -0.39 is 27.2 Å². The third-order valence-corrected chi connectivity index (χ3v) is 5.76. The Morgan fingerprint density at radius 3 is 2.58 bits per heavy atom. The van der Waals surface area contributed by atoms with Gasteiger partial charge in [-0.15, -0.1) is 0 Å². The number of rotatable bonds is 6. The van der Waals surface area contributed by atoms with Gasteiger partial charge in [0.15, 0.2) is 15.3 Å². The van der Waals surface area contributed by atoms with E-state index in [2.05, 4.69) is 6.58 Å². The highest BCUT2D eigenvalue weighted by Crippen LogP contribution is 2.38. The lowest BCUT2D eigenvalue weighted by molar-refractivity contribution is -0.174. The van der Waals surface area contributed by atoms with Crippen molar-refractivity contribution >= 4 is 21.8 Å². The van der Waals surface area contributed by atoms with Gasteiger partial charge in [-0.05, 0) is 31.9 Å². The van der Waals surface area contributed by atoms with Crippen LogP contribution < -0.4 is 0 Å². The van der Waals surface area contributed by atoms with Crippen LogP contribution in [0.1, 0.15) is 26.2 Å². The summed E-state index contributed by atoms with van der Waals surface area (Å²) in [4.78, 5) is 24.8. The summed E-state index contributed by atoms with van der Waals surface area (Å²) in [5.41, 5.74) is -1.60. The minimum atomic E-state index is -3.62. The van der Waals surface area contributed by atoms with E-state index in [1.165, 1.54) is 12.1 Å². The van der Waals surface area contributed by atoms with Crippen LogP contribution in [0.5, 0.6) is 0 Å². The van der Waals surface area contributed by atoms with Crippen molar-refractivity contribution in [2.24, 2.45) is 5.41 Å². The van der Waals surface area contributed by atoms with Crippen molar-refractivity contribution in [3.8, 4) is 0 Å². The van der Waals surface area contributed by atoms with E-state index in [9.17, 15) is 18.0 Å². The predicted molar refractivity (Wildman–Crippen MR) is 86.6 cm³/mol. The van der Waals surface area contributed by atoms with Gasteiger partial charge in [0.25, 0.3) is 0 Å². The molecule has 0 N–H and O–H groups in total. The van der Waals surface area contributed by atoms with Crippen LogP contribution in [0.15, 0.2) is 47.6 Å². The van der Waals surface area contributed by atoms with E-state index in [-0.39, 0.29) is 35.9 Å². The molecule has 1 fully saturated rings. The lowest BCUT2D eigenvalue weighted by Gasteiger charge is -2.33. The molecule has 1 aromatic carbocycles. The van der Waals surface area contributed by atoms with Crippen molar-refractivity contribution in [2.75, 3.05) is 12.4 Å². The Kier molecular flexibility index (Phi) is 5.43. The summed E-state index contributed by atoms with van der Waals surface area (Å²) in [5.74, 6) is -1.62. The molecule has 6 nitrogen and oxygen atoms in total. The van der Waals surface area contributed by atoms with Gasteiger partial charge in [-0.2, -0.15) is 0 Å². The van der Waals surface area contributed by atoms with Crippen molar-refractivity contribution in [3.05, 3.63) is 42.7 Å². The number of carbonyl (C=O) groups excluding carboxylic acids is 2. The molecule has 2 rings (SSSR count). The van der Waals surface area contributed by atoms with Gasteiger partial charge in [0.2, 0.25) is 0 Å². The Bertz CT molecular complexity index is 738. The molecule has 1 aliphatic rings. The molecule has 1 saturated heterocycles. The van der Waals surface area contributed by atoms with E-state index in [1.54, 1.807) is 25.1 Å². The summed E-state index contributed by atoms with van der Waals surface area (Å²) < 4.78 is 34.9. The maximum atomic E-state index is 12.4. The fourth-order valence-electron chi connectivity index (χ4n) is 2.57. The highest BCUT2D eigenvalue weighted by Gasteiger charge is 2.51. The molecule has 0 aliphatic carbocycles. The average molecular weight is 352 g/mol. The molecular weight excluding hydrogens is 332 g/mol. The second-order valence-electron chi connectivity index (χ2n) is 5.61. The molecule has 7 heteroatoms. The Balaban J connectivity index is 2.25. The van der Waals surface area contributed by atoms with Crippen LogP contribution in [-0.2, 0) is 28.9 Å². The molecule has 24 heavy (non-hydrogen) atoms. The molecule has 1 heterocycles. The standard InChI is InChI=1S/C17H20O6S/c1-3-22-15(18)17(10-9-13(2)23-16(17)19)11-12-24(20,21)14-7-5-4-6-8-14/h4-8H,2-3,9-12H2,1H3. The third-order valence-electron chi connectivity index (χ3n) is 4.02. The molecule has 0 amide bonds. The van der Waals surface area contributed by atoms with Crippen molar-refractivity contribution in [1.82, 2.24) is 0 Å². The number of cyclic esters (lactones) is 1. The Hall–Kier alpha value is -2.15. The minimum absolute atomic E-state index is 0.0975. The molecule has 0 bridgehead atoms. The molecule has 0 saturated carbocycles. The fraction of sp³-hybridized carbons (Fsp3) is 0.412. The Morgan fingerprint density at radius 1 is 1.33 bits per heavy atom. The van der Waals surface area contributed by atoms with E-state index in [0.29, 0.717) is 6.42 Å². The normalized spacial score (nSPS) is 21.2. The highest BCUT2D eigenvalue weighted by molar-refractivity contribution is 7.91. The van der Waals surface area contributed by atoms with Crippen molar-refractivity contribution in [1.29, 1.82) is 0 Å². The molecular formula is C17H20O6S. The van der Waals surface area contributed by atoms with Crippen LogP contribution in [0.3, 0.4) is 0 Å². The first-order chi connectivity index (χ1) is 11.3. The molecule has 1 aliphatic heterocycles. The predicted octanol–water partition coefficient (Wildman–Crippen LogP) is 2.25. The zero-order chi connectivity index (χ0) is 17.8. The quantitative estimate of drug-likeness (QED) is 0.576. The molecule has 1 unspecified atom stereocenters. The Labute approximate surface area is 141 Å². The first kappa shape index (κ1) is 18.2. The van der Waals surface area contributed by atoms with Crippen LogP contribution in [0.25, 0.3) is 0 Å². The lowest BCUT2D eigenvalue weighted by atomic mass is 9.79. The lowest BCUT2D eigenvalue weighted by Crippen LogP contribution is -2.45. The smallest absolute Gasteiger partial charge is 0.328 e. The van der Waals surface area contributed by atoms with Gasteiger partial charge in [0.05, 0.1) is 17.3 Å². The van der Waals surface area contributed by atoms with Crippen LogP contribution in [0, 0.1) is 5.41 Å². The van der Waals surface area contributed by atoms with Crippen LogP contribution >= 0.6 is 0 Å². The summed E-state index contributed by atoms with van der Waals surface area (Å²) in [6, 6.07) is 7.91. The van der Waals surface area contributed by atoms with Crippen LogP contribution in [-0.4, -0.2) is 32.7 Å². The summed E-state index contributed by atoms with van der Waals surface area (Å²) >= 11 is 0. The van der Waals surface area contributed by atoms with Crippen molar-refractivity contribution < 1.29 is 27.5 Å². The first-order valence-corrected chi connectivity index (χ1v) is 9.32. The third kappa shape index (κ3) is 3.67. The van der Waals surface area contributed by atoms with Gasteiger partial charge in [-0.25, -0.2) is 8.42 Å². The van der Waals surface area contributed by atoms with E-state index >= 15 is 0 Å². The van der Waals surface area contributed by atoms with Gasteiger partial charge in [-0.3, -0.25) is 9.59 Å². The number of sulfone groups is 1. The van der Waals surface area contributed by atoms with E-state index in [0.717, 1.165) is 0 Å². The molecule has 1 aromatic rings. The summed E-state index contributed by atoms with van der Waals surface area (Å²) in [6.45, 7) is 5.30. The van der Waals surface area contributed by atoms with Crippen LogP contribution in [0.4, 0.5) is 0 Å².